The highest BCUT2D eigenvalue weighted by Crippen LogP contribution is 2.23. The fraction of sp³-hybridized carbons (Fsp3) is 0.533. The molecule has 0 bridgehead atoms. The molecule has 2 rings (SSSR count). The van der Waals surface area contributed by atoms with Crippen LogP contribution in [0.4, 0.5) is 0 Å². The Morgan fingerprint density at radius 3 is 2.78 bits per heavy atom. The van der Waals surface area contributed by atoms with E-state index in [1.54, 1.807) is 0 Å². The summed E-state index contributed by atoms with van der Waals surface area (Å²) in [6.07, 6.45) is 3.07. The molecule has 1 aliphatic heterocycles. The lowest BCUT2D eigenvalue weighted by Crippen LogP contribution is -2.49. The van der Waals surface area contributed by atoms with E-state index in [0.29, 0.717) is 0 Å². The predicted molar refractivity (Wildman–Crippen MR) is 71.5 cm³/mol. The Kier molecular flexibility index (Phi) is 4.37. The summed E-state index contributed by atoms with van der Waals surface area (Å²) in [6.45, 7) is 3.80. The van der Waals surface area contributed by atoms with Gasteiger partial charge in [-0.1, -0.05) is 37.3 Å². The van der Waals surface area contributed by atoms with E-state index in [0.717, 1.165) is 32.4 Å². The molecule has 18 heavy (non-hydrogen) atoms. The van der Waals surface area contributed by atoms with Crippen LogP contribution >= 0.6 is 0 Å². The third-order valence-corrected chi connectivity index (χ3v) is 3.82. The van der Waals surface area contributed by atoms with E-state index in [-0.39, 0.29) is 12.0 Å². The molecule has 1 fully saturated rings. The third-order valence-electron chi connectivity index (χ3n) is 3.82. The van der Waals surface area contributed by atoms with Gasteiger partial charge in [-0.15, -0.1) is 0 Å². The largest absolute Gasteiger partial charge is 0.480 e. The fourth-order valence-electron chi connectivity index (χ4n) is 2.84. The molecule has 3 heteroatoms. The van der Waals surface area contributed by atoms with Crippen molar-refractivity contribution in [2.75, 3.05) is 13.1 Å². The lowest BCUT2D eigenvalue weighted by Gasteiger charge is -2.37. The number of carbonyl (C=O) groups is 1. The Morgan fingerprint density at radius 1 is 1.39 bits per heavy atom. The van der Waals surface area contributed by atoms with Crippen molar-refractivity contribution in [3.63, 3.8) is 0 Å². The molecule has 1 saturated heterocycles. The molecule has 1 aliphatic rings. The number of piperidine rings is 1. The maximum atomic E-state index is 11.3. The van der Waals surface area contributed by atoms with Crippen LogP contribution in [0.2, 0.25) is 0 Å². The molecule has 0 spiro atoms. The minimum atomic E-state index is -0.671. The molecule has 2 atom stereocenters. The average molecular weight is 247 g/mol. The van der Waals surface area contributed by atoms with Gasteiger partial charge < -0.3 is 5.11 Å². The Morgan fingerprint density at radius 2 is 2.11 bits per heavy atom. The van der Waals surface area contributed by atoms with Crippen molar-refractivity contribution in [2.45, 2.75) is 32.2 Å². The predicted octanol–water partition coefficient (Wildman–Crippen LogP) is 2.41. The van der Waals surface area contributed by atoms with Gasteiger partial charge in [-0.2, -0.15) is 0 Å². The van der Waals surface area contributed by atoms with Gasteiger partial charge in [-0.3, -0.25) is 9.69 Å². The summed E-state index contributed by atoms with van der Waals surface area (Å²) >= 11 is 0. The molecule has 3 nitrogen and oxygen atoms in total. The number of carboxylic acid groups (broad SMARTS) is 1. The third kappa shape index (κ3) is 3.10. The van der Waals surface area contributed by atoms with Crippen molar-refractivity contribution in [3.05, 3.63) is 35.9 Å². The van der Waals surface area contributed by atoms with Crippen LogP contribution in [0.25, 0.3) is 0 Å². The van der Waals surface area contributed by atoms with Crippen LogP contribution in [0, 0.1) is 5.92 Å². The molecular weight excluding hydrogens is 226 g/mol. The van der Waals surface area contributed by atoms with Gasteiger partial charge in [0.2, 0.25) is 0 Å². The van der Waals surface area contributed by atoms with Gasteiger partial charge in [-0.25, -0.2) is 0 Å². The molecule has 1 aromatic carbocycles. The van der Waals surface area contributed by atoms with Gasteiger partial charge in [0.25, 0.3) is 0 Å². The van der Waals surface area contributed by atoms with Crippen molar-refractivity contribution in [1.82, 2.24) is 4.90 Å². The zero-order valence-electron chi connectivity index (χ0n) is 10.9. The van der Waals surface area contributed by atoms with Gasteiger partial charge >= 0.3 is 5.97 Å². The summed E-state index contributed by atoms with van der Waals surface area (Å²) in [7, 11) is 0. The number of nitrogens with zero attached hydrogens (tertiary/aromatic N) is 1. The minimum absolute atomic E-state index is 0.257. The highest BCUT2D eigenvalue weighted by atomic mass is 16.4. The average Bonchev–Trinajstić information content (AvgIpc) is 2.37. The second kappa shape index (κ2) is 6.01. The van der Waals surface area contributed by atoms with Crippen molar-refractivity contribution in [1.29, 1.82) is 0 Å². The topological polar surface area (TPSA) is 40.5 Å². The fourth-order valence-corrected chi connectivity index (χ4v) is 2.84. The van der Waals surface area contributed by atoms with Crippen LogP contribution in [0.1, 0.15) is 25.3 Å². The van der Waals surface area contributed by atoms with E-state index in [1.165, 1.54) is 5.56 Å². The molecule has 1 N–H and O–H groups in total. The zero-order valence-corrected chi connectivity index (χ0v) is 10.9. The maximum Gasteiger partial charge on any atom is 0.321 e. The summed E-state index contributed by atoms with van der Waals surface area (Å²) in [5.41, 5.74) is 1.28. The lowest BCUT2D eigenvalue weighted by atomic mass is 9.90. The van der Waals surface area contributed by atoms with Crippen LogP contribution in [0.15, 0.2) is 30.3 Å². The first kappa shape index (κ1) is 13.1. The Balaban J connectivity index is 1.96. The first-order valence-corrected chi connectivity index (χ1v) is 6.69. The van der Waals surface area contributed by atoms with E-state index in [9.17, 15) is 9.90 Å². The van der Waals surface area contributed by atoms with E-state index < -0.39 is 5.97 Å². The van der Waals surface area contributed by atoms with E-state index in [4.69, 9.17) is 0 Å². The Bertz CT molecular complexity index is 391. The summed E-state index contributed by atoms with van der Waals surface area (Å²) < 4.78 is 0. The summed E-state index contributed by atoms with van der Waals surface area (Å²) in [5.74, 6) is -0.415. The number of rotatable bonds is 4. The molecule has 0 aromatic heterocycles. The van der Waals surface area contributed by atoms with Crippen LogP contribution in [0.5, 0.6) is 0 Å². The highest BCUT2D eigenvalue weighted by molar-refractivity contribution is 5.74. The second-order valence-electron chi connectivity index (χ2n) is 5.17. The molecule has 98 valence electrons. The van der Waals surface area contributed by atoms with E-state index in [1.807, 2.05) is 25.1 Å². The molecular formula is C15H21NO2. The molecule has 0 saturated carbocycles. The van der Waals surface area contributed by atoms with Gasteiger partial charge in [0.05, 0.1) is 0 Å². The molecule has 0 amide bonds. The molecule has 2 unspecified atom stereocenters. The molecule has 1 aromatic rings. The number of hydrogen-bond acceptors (Lipinski definition) is 2. The molecule has 1 heterocycles. The highest BCUT2D eigenvalue weighted by Gasteiger charge is 2.33. The van der Waals surface area contributed by atoms with E-state index >= 15 is 0 Å². The van der Waals surface area contributed by atoms with Gasteiger partial charge in [0, 0.05) is 6.54 Å². The maximum absolute atomic E-state index is 11.3. The van der Waals surface area contributed by atoms with E-state index in [2.05, 4.69) is 17.0 Å². The van der Waals surface area contributed by atoms with Gasteiger partial charge in [0.15, 0.2) is 0 Å². The lowest BCUT2D eigenvalue weighted by molar-refractivity contribution is -0.146. The summed E-state index contributed by atoms with van der Waals surface area (Å²) in [5, 5.41) is 9.33. The standard InChI is InChI=1S/C15H21NO2/c1-12-6-5-10-16(14(12)15(17)18)11-9-13-7-3-2-4-8-13/h2-4,7-8,12,14H,5-6,9-11H2,1H3,(H,17,18). The number of likely N-dealkylation sites (tertiary alicyclic amines) is 1. The monoisotopic (exact) mass is 247 g/mol. The minimum Gasteiger partial charge on any atom is -0.480 e. The van der Waals surface area contributed by atoms with Gasteiger partial charge in [-0.05, 0) is 37.3 Å². The van der Waals surface area contributed by atoms with Crippen molar-refractivity contribution >= 4 is 5.97 Å². The van der Waals surface area contributed by atoms with Crippen LogP contribution in [0.3, 0.4) is 0 Å². The summed E-state index contributed by atoms with van der Waals surface area (Å²) in [6, 6.07) is 9.97. The SMILES string of the molecule is CC1CCCN(CCc2ccccc2)C1C(=O)O. The first-order chi connectivity index (χ1) is 8.68. The zero-order chi connectivity index (χ0) is 13.0. The number of carboxylic acids is 1. The van der Waals surface area contributed by atoms with Crippen LogP contribution in [-0.2, 0) is 11.2 Å². The first-order valence-electron chi connectivity index (χ1n) is 6.69. The van der Waals surface area contributed by atoms with Crippen molar-refractivity contribution in [2.24, 2.45) is 5.92 Å². The quantitative estimate of drug-likeness (QED) is 0.888. The smallest absolute Gasteiger partial charge is 0.321 e. The van der Waals surface area contributed by atoms with Crippen LogP contribution < -0.4 is 0 Å². The van der Waals surface area contributed by atoms with Crippen LogP contribution in [-0.4, -0.2) is 35.1 Å². The molecule has 0 aliphatic carbocycles. The number of aliphatic carboxylic acids is 1. The number of benzene rings is 1. The van der Waals surface area contributed by atoms with Crippen molar-refractivity contribution in [3.8, 4) is 0 Å². The van der Waals surface area contributed by atoms with Crippen molar-refractivity contribution < 1.29 is 9.90 Å². The molecule has 0 radical (unpaired) electrons. The second-order valence-corrected chi connectivity index (χ2v) is 5.17. The number of hydrogen-bond donors (Lipinski definition) is 1. The normalized spacial score (nSPS) is 24.9. The summed E-state index contributed by atoms with van der Waals surface area (Å²) in [4.78, 5) is 13.5. The van der Waals surface area contributed by atoms with Gasteiger partial charge in [0.1, 0.15) is 6.04 Å². The Hall–Kier alpha value is -1.35. The Labute approximate surface area is 108 Å².